The molecule has 0 saturated carbocycles. The van der Waals surface area contributed by atoms with Crippen LogP contribution in [-0.2, 0) is 10.0 Å². The zero-order chi connectivity index (χ0) is 16.0. The molecule has 1 aromatic rings. The van der Waals surface area contributed by atoms with Crippen molar-refractivity contribution in [1.82, 2.24) is 5.32 Å². The maximum atomic E-state index is 11.5. The van der Waals surface area contributed by atoms with Crippen molar-refractivity contribution in [2.75, 3.05) is 17.6 Å². The van der Waals surface area contributed by atoms with Crippen molar-refractivity contribution >= 4 is 39.3 Å². The van der Waals surface area contributed by atoms with Crippen molar-refractivity contribution in [3.8, 4) is 0 Å². The number of urea groups is 1. The third kappa shape index (κ3) is 6.43. The Bertz CT molecular complexity index is 647. The highest BCUT2D eigenvalue weighted by molar-refractivity contribution is 7.89. The van der Waals surface area contributed by atoms with Gasteiger partial charge in [0.15, 0.2) is 0 Å². The molecule has 0 aliphatic rings. The van der Waals surface area contributed by atoms with Gasteiger partial charge in [0.25, 0.3) is 0 Å². The van der Waals surface area contributed by atoms with Gasteiger partial charge in [-0.3, -0.25) is 0 Å². The molecule has 10 heteroatoms. The van der Waals surface area contributed by atoms with Crippen LogP contribution >= 0.6 is 11.6 Å². The predicted molar refractivity (Wildman–Crippen MR) is 78.0 cm³/mol. The largest absolute Gasteiger partial charge is 0.478 e. The van der Waals surface area contributed by atoms with E-state index in [9.17, 15) is 18.0 Å². The average molecular weight is 336 g/mol. The second kappa shape index (κ2) is 7.25. The van der Waals surface area contributed by atoms with Crippen LogP contribution in [0.5, 0.6) is 0 Å². The summed E-state index contributed by atoms with van der Waals surface area (Å²) < 4.78 is 21.4. The van der Waals surface area contributed by atoms with Crippen molar-refractivity contribution in [2.45, 2.75) is 6.42 Å². The van der Waals surface area contributed by atoms with Gasteiger partial charge in [-0.1, -0.05) is 11.6 Å². The minimum atomic E-state index is -3.54. The number of nitrogens with one attached hydrogen (secondary N) is 2. The summed E-state index contributed by atoms with van der Waals surface area (Å²) in [5.41, 5.74) is 0.240. The summed E-state index contributed by atoms with van der Waals surface area (Å²) in [6.07, 6.45) is 0.185. The van der Waals surface area contributed by atoms with Crippen LogP contribution in [0.1, 0.15) is 16.8 Å². The molecule has 5 N–H and O–H groups in total. The second-order valence-corrected chi connectivity index (χ2v) is 6.24. The monoisotopic (exact) mass is 335 g/mol. The topological polar surface area (TPSA) is 139 Å². The van der Waals surface area contributed by atoms with Crippen LogP contribution in [0, 0.1) is 0 Å². The van der Waals surface area contributed by atoms with Gasteiger partial charge in [0.2, 0.25) is 10.0 Å². The van der Waals surface area contributed by atoms with E-state index in [-0.39, 0.29) is 29.3 Å². The first-order valence-electron chi connectivity index (χ1n) is 5.77. The smallest absolute Gasteiger partial charge is 0.337 e. The van der Waals surface area contributed by atoms with E-state index in [0.717, 1.165) is 0 Å². The summed E-state index contributed by atoms with van der Waals surface area (Å²) in [6, 6.07) is 3.39. The summed E-state index contributed by atoms with van der Waals surface area (Å²) in [5.74, 6) is -1.40. The number of carbonyl (C=O) groups is 2. The number of primary sulfonamides is 1. The average Bonchev–Trinajstić information content (AvgIpc) is 2.33. The molecule has 0 radical (unpaired) electrons. The zero-order valence-corrected chi connectivity index (χ0v) is 12.4. The normalized spacial score (nSPS) is 11.0. The quantitative estimate of drug-likeness (QED) is 0.570. The standard InChI is InChI=1S/C11H14ClN3O5S/c12-9-6-7(2-3-8(9)10(16)17)15-11(18)14-4-1-5-21(13,19)20/h2-3,6H,1,4-5H2,(H,16,17)(H2,13,19,20)(H2,14,15,18). The molecule has 1 aromatic carbocycles. The number of nitrogens with two attached hydrogens (primary N) is 1. The summed E-state index contributed by atoms with van der Waals surface area (Å²) in [6.45, 7) is 0.128. The van der Waals surface area contributed by atoms with E-state index >= 15 is 0 Å². The lowest BCUT2D eigenvalue weighted by Gasteiger charge is -2.08. The Kier molecular flexibility index (Phi) is 5.94. The molecule has 1 rings (SSSR count). The van der Waals surface area contributed by atoms with Crippen molar-refractivity contribution in [3.05, 3.63) is 28.8 Å². The van der Waals surface area contributed by atoms with E-state index in [2.05, 4.69) is 10.6 Å². The van der Waals surface area contributed by atoms with Crippen molar-refractivity contribution < 1.29 is 23.1 Å². The Balaban J connectivity index is 2.48. The summed E-state index contributed by atoms with van der Waals surface area (Å²) in [5, 5.41) is 18.5. The molecule has 0 fully saturated rings. The van der Waals surface area contributed by atoms with Gasteiger partial charge >= 0.3 is 12.0 Å². The van der Waals surface area contributed by atoms with Gasteiger partial charge in [-0.2, -0.15) is 0 Å². The first-order chi connectivity index (χ1) is 9.69. The fraction of sp³-hybridized carbons (Fsp3) is 0.273. The van der Waals surface area contributed by atoms with Crippen LogP contribution in [0.4, 0.5) is 10.5 Å². The number of benzene rings is 1. The first-order valence-corrected chi connectivity index (χ1v) is 7.86. The van der Waals surface area contributed by atoms with Gasteiger partial charge < -0.3 is 15.7 Å². The van der Waals surface area contributed by atoms with Gasteiger partial charge in [-0.15, -0.1) is 0 Å². The molecule has 0 bridgehead atoms. The second-order valence-electron chi connectivity index (χ2n) is 4.10. The summed E-state index contributed by atoms with van der Waals surface area (Å²) >= 11 is 5.75. The predicted octanol–water partition coefficient (Wildman–Crippen LogP) is 0.838. The van der Waals surface area contributed by atoms with Crippen molar-refractivity contribution in [2.24, 2.45) is 5.14 Å². The number of amides is 2. The molecule has 0 atom stereocenters. The number of aromatic carboxylic acids is 1. The number of carboxylic acids is 1. The highest BCUT2D eigenvalue weighted by Gasteiger charge is 2.10. The van der Waals surface area contributed by atoms with Crippen LogP contribution in [0.2, 0.25) is 5.02 Å². The number of carbonyl (C=O) groups excluding carboxylic acids is 1. The molecule has 116 valence electrons. The Morgan fingerprint density at radius 3 is 2.52 bits per heavy atom. The lowest BCUT2D eigenvalue weighted by atomic mass is 10.2. The van der Waals surface area contributed by atoms with E-state index in [1.807, 2.05) is 0 Å². The number of rotatable bonds is 6. The maximum Gasteiger partial charge on any atom is 0.337 e. The van der Waals surface area contributed by atoms with Gasteiger partial charge in [0.1, 0.15) is 0 Å². The van der Waals surface area contributed by atoms with Gasteiger partial charge in [-0.25, -0.2) is 23.1 Å². The minimum absolute atomic E-state index is 0.00507. The molecule has 2 amide bonds. The van der Waals surface area contributed by atoms with Crippen LogP contribution < -0.4 is 15.8 Å². The fourth-order valence-corrected chi connectivity index (χ4v) is 2.22. The SMILES string of the molecule is NS(=O)(=O)CCCNC(=O)Nc1ccc(C(=O)O)c(Cl)c1. The lowest BCUT2D eigenvalue weighted by molar-refractivity contribution is 0.0697. The van der Waals surface area contributed by atoms with Gasteiger partial charge in [0.05, 0.1) is 16.3 Å². The molecule has 0 heterocycles. The molecule has 0 aromatic heterocycles. The first kappa shape index (κ1) is 17.2. The molecule has 8 nitrogen and oxygen atoms in total. The summed E-state index contributed by atoms with van der Waals surface area (Å²) in [4.78, 5) is 22.3. The van der Waals surface area contributed by atoms with Crippen molar-refractivity contribution in [3.63, 3.8) is 0 Å². The molecule has 0 saturated heterocycles. The third-order valence-corrected chi connectivity index (χ3v) is 3.52. The molecule has 0 unspecified atom stereocenters. The maximum absolute atomic E-state index is 11.5. The van der Waals surface area contributed by atoms with Crippen LogP contribution in [0.15, 0.2) is 18.2 Å². The highest BCUT2D eigenvalue weighted by atomic mass is 35.5. The van der Waals surface area contributed by atoms with Gasteiger partial charge in [-0.05, 0) is 24.6 Å². The molecule has 21 heavy (non-hydrogen) atoms. The van der Waals surface area contributed by atoms with E-state index < -0.39 is 22.0 Å². The highest BCUT2D eigenvalue weighted by Crippen LogP contribution is 2.20. The number of hydrogen-bond donors (Lipinski definition) is 4. The number of sulfonamides is 1. The molecular weight excluding hydrogens is 322 g/mol. The number of anilines is 1. The van der Waals surface area contributed by atoms with E-state index in [1.54, 1.807) is 0 Å². The Morgan fingerprint density at radius 1 is 1.33 bits per heavy atom. The molecular formula is C11H14ClN3O5S. The van der Waals surface area contributed by atoms with Crippen molar-refractivity contribution in [1.29, 1.82) is 0 Å². The number of carboxylic acid groups (broad SMARTS) is 1. The van der Waals surface area contributed by atoms with Gasteiger partial charge in [0, 0.05) is 12.2 Å². The van der Waals surface area contributed by atoms with Crippen LogP contribution in [0.3, 0.4) is 0 Å². The lowest BCUT2D eigenvalue weighted by Crippen LogP contribution is -2.31. The Labute approximate surface area is 126 Å². The third-order valence-electron chi connectivity index (χ3n) is 2.35. The summed E-state index contributed by atoms with van der Waals surface area (Å²) in [7, 11) is -3.54. The van der Waals surface area contributed by atoms with E-state index in [4.69, 9.17) is 21.8 Å². The molecule has 0 aliphatic carbocycles. The van der Waals surface area contributed by atoms with E-state index in [0.29, 0.717) is 5.69 Å². The fourth-order valence-electron chi connectivity index (χ4n) is 1.42. The van der Waals surface area contributed by atoms with Crippen LogP contribution in [0.25, 0.3) is 0 Å². The molecule has 0 aliphatic heterocycles. The Morgan fingerprint density at radius 2 is 2.00 bits per heavy atom. The molecule has 0 spiro atoms. The Hall–Kier alpha value is -1.84. The number of halogens is 1. The zero-order valence-electron chi connectivity index (χ0n) is 10.8. The minimum Gasteiger partial charge on any atom is -0.478 e. The van der Waals surface area contributed by atoms with Crippen LogP contribution in [-0.4, -0.2) is 37.8 Å². The van der Waals surface area contributed by atoms with E-state index in [1.165, 1.54) is 18.2 Å². The number of hydrogen-bond acceptors (Lipinski definition) is 4.